The summed E-state index contributed by atoms with van der Waals surface area (Å²) in [5.74, 6) is 0. The zero-order valence-electron chi connectivity index (χ0n) is 4.67. The molecule has 1 saturated carbocycles. The van der Waals surface area contributed by atoms with Crippen LogP contribution in [0.1, 0.15) is 19.3 Å². The first kappa shape index (κ1) is 4.24. The molecule has 2 nitrogen and oxygen atoms in total. The molecular formula is C6H8N2. The standard InChI is InChI=1S/C6H8N2/c1-2-6(3-1)4-5-7-8-6/h4-5H,1-3H2. The van der Waals surface area contributed by atoms with E-state index in [1.54, 1.807) is 6.20 Å². The average molecular weight is 108 g/mol. The van der Waals surface area contributed by atoms with Crippen LogP contribution in [0, 0.1) is 0 Å². The Kier molecular flexibility index (Phi) is 0.629. The van der Waals surface area contributed by atoms with Crippen LogP contribution in [0.5, 0.6) is 0 Å². The smallest absolute Gasteiger partial charge is 0.102 e. The molecule has 2 rings (SSSR count). The summed E-state index contributed by atoms with van der Waals surface area (Å²) in [7, 11) is 0. The van der Waals surface area contributed by atoms with E-state index in [1.807, 2.05) is 0 Å². The molecule has 0 aromatic heterocycles. The second-order valence-corrected chi connectivity index (χ2v) is 2.49. The minimum atomic E-state index is 0.194. The first-order chi connectivity index (χ1) is 3.91. The Hall–Kier alpha value is -0.660. The van der Waals surface area contributed by atoms with Gasteiger partial charge in [-0.1, -0.05) is 0 Å². The maximum Gasteiger partial charge on any atom is 0.102 e. The summed E-state index contributed by atoms with van der Waals surface area (Å²) >= 11 is 0. The summed E-state index contributed by atoms with van der Waals surface area (Å²) in [5.41, 5.74) is 0.194. The van der Waals surface area contributed by atoms with Gasteiger partial charge in [-0.05, 0) is 25.3 Å². The fraction of sp³-hybridized carbons (Fsp3) is 0.667. The van der Waals surface area contributed by atoms with Crippen molar-refractivity contribution in [3.8, 4) is 0 Å². The second-order valence-electron chi connectivity index (χ2n) is 2.49. The van der Waals surface area contributed by atoms with Crippen molar-refractivity contribution in [2.24, 2.45) is 10.2 Å². The quantitative estimate of drug-likeness (QED) is 0.452. The van der Waals surface area contributed by atoms with E-state index in [0.29, 0.717) is 0 Å². The lowest BCUT2D eigenvalue weighted by Gasteiger charge is -2.31. The molecule has 1 heterocycles. The highest BCUT2D eigenvalue weighted by atomic mass is 15.2. The van der Waals surface area contributed by atoms with E-state index in [1.165, 1.54) is 19.3 Å². The Morgan fingerprint density at radius 3 is 2.50 bits per heavy atom. The van der Waals surface area contributed by atoms with Gasteiger partial charge >= 0.3 is 0 Å². The molecule has 2 aliphatic rings. The molecule has 8 heavy (non-hydrogen) atoms. The lowest BCUT2D eigenvalue weighted by Crippen LogP contribution is -2.30. The molecule has 0 unspecified atom stereocenters. The molecule has 0 amide bonds. The van der Waals surface area contributed by atoms with Gasteiger partial charge in [0.15, 0.2) is 0 Å². The van der Waals surface area contributed by atoms with Crippen molar-refractivity contribution in [2.75, 3.05) is 0 Å². The molecule has 0 atom stereocenters. The van der Waals surface area contributed by atoms with Crippen molar-refractivity contribution in [1.29, 1.82) is 0 Å². The van der Waals surface area contributed by atoms with Crippen LogP contribution in [-0.2, 0) is 0 Å². The summed E-state index contributed by atoms with van der Waals surface area (Å²) in [4.78, 5) is 0. The first-order valence-corrected chi connectivity index (χ1v) is 3.01. The van der Waals surface area contributed by atoms with E-state index >= 15 is 0 Å². The SMILES string of the molecule is C1=CC2(CCC2)N=N1. The second kappa shape index (κ2) is 1.19. The number of rotatable bonds is 0. The van der Waals surface area contributed by atoms with E-state index in [4.69, 9.17) is 0 Å². The summed E-state index contributed by atoms with van der Waals surface area (Å²) in [5, 5.41) is 7.89. The van der Waals surface area contributed by atoms with Gasteiger partial charge in [-0.3, -0.25) is 0 Å². The molecule has 1 aliphatic heterocycles. The minimum Gasteiger partial charge on any atom is -0.178 e. The van der Waals surface area contributed by atoms with Gasteiger partial charge in [-0.25, -0.2) is 0 Å². The highest BCUT2D eigenvalue weighted by Crippen LogP contribution is 2.39. The molecule has 2 heteroatoms. The van der Waals surface area contributed by atoms with Gasteiger partial charge in [0, 0.05) is 6.20 Å². The summed E-state index contributed by atoms with van der Waals surface area (Å²) in [6.07, 6.45) is 7.67. The van der Waals surface area contributed by atoms with Crippen molar-refractivity contribution in [1.82, 2.24) is 0 Å². The van der Waals surface area contributed by atoms with Gasteiger partial charge in [0.05, 0.1) is 0 Å². The number of hydrogen-bond donors (Lipinski definition) is 0. The van der Waals surface area contributed by atoms with Crippen LogP contribution in [0.2, 0.25) is 0 Å². The van der Waals surface area contributed by atoms with Crippen LogP contribution >= 0.6 is 0 Å². The van der Waals surface area contributed by atoms with Crippen molar-refractivity contribution < 1.29 is 0 Å². The minimum absolute atomic E-state index is 0.194. The normalized spacial score (nSPS) is 29.0. The van der Waals surface area contributed by atoms with Crippen molar-refractivity contribution in [3.63, 3.8) is 0 Å². The van der Waals surface area contributed by atoms with Crippen molar-refractivity contribution in [2.45, 2.75) is 24.8 Å². The van der Waals surface area contributed by atoms with Crippen LogP contribution in [-0.4, -0.2) is 5.54 Å². The Bertz CT molecular complexity index is 140. The van der Waals surface area contributed by atoms with Crippen molar-refractivity contribution >= 4 is 0 Å². The highest BCUT2D eigenvalue weighted by molar-refractivity contribution is 5.14. The molecule has 0 N–H and O–H groups in total. The van der Waals surface area contributed by atoms with Gasteiger partial charge in [0.25, 0.3) is 0 Å². The average Bonchev–Trinajstić information content (AvgIpc) is 2.07. The molecule has 0 bridgehead atoms. The third-order valence-corrected chi connectivity index (χ3v) is 1.93. The van der Waals surface area contributed by atoms with Gasteiger partial charge in [-0.15, -0.1) is 0 Å². The molecule has 0 aromatic rings. The Morgan fingerprint density at radius 2 is 2.25 bits per heavy atom. The summed E-state index contributed by atoms with van der Waals surface area (Å²) in [6.45, 7) is 0. The van der Waals surface area contributed by atoms with Gasteiger partial charge in [0.2, 0.25) is 0 Å². The topological polar surface area (TPSA) is 24.7 Å². The number of azo groups is 1. The largest absolute Gasteiger partial charge is 0.178 e. The summed E-state index contributed by atoms with van der Waals surface area (Å²) < 4.78 is 0. The van der Waals surface area contributed by atoms with E-state index in [2.05, 4.69) is 16.3 Å². The monoisotopic (exact) mass is 108 g/mol. The van der Waals surface area contributed by atoms with Gasteiger partial charge < -0.3 is 0 Å². The third kappa shape index (κ3) is 0.377. The van der Waals surface area contributed by atoms with Gasteiger partial charge in [0.1, 0.15) is 5.54 Å². The maximum absolute atomic E-state index is 4.09. The highest BCUT2D eigenvalue weighted by Gasteiger charge is 2.36. The molecule has 1 fully saturated rings. The molecule has 1 spiro atoms. The molecule has 0 aromatic carbocycles. The Morgan fingerprint density at radius 1 is 1.38 bits per heavy atom. The fourth-order valence-corrected chi connectivity index (χ4v) is 1.16. The van der Waals surface area contributed by atoms with Crippen LogP contribution in [0.25, 0.3) is 0 Å². The first-order valence-electron chi connectivity index (χ1n) is 3.01. The third-order valence-electron chi connectivity index (χ3n) is 1.93. The Balaban J connectivity index is 2.25. The van der Waals surface area contributed by atoms with Gasteiger partial charge in [-0.2, -0.15) is 10.2 Å². The van der Waals surface area contributed by atoms with E-state index in [9.17, 15) is 0 Å². The molecule has 42 valence electrons. The summed E-state index contributed by atoms with van der Waals surface area (Å²) in [6, 6.07) is 0. The van der Waals surface area contributed by atoms with Crippen molar-refractivity contribution in [3.05, 3.63) is 12.3 Å². The lowest BCUT2D eigenvalue weighted by atomic mass is 9.78. The lowest BCUT2D eigenvalue weighted by molar-refractivity contribution is 0.316. The van der Waals surface area contributed by atoms with Crippen LogP contribution in [0.15, 0.2) is 22.5 Å². The van der Waals surface area contributed by atoms with E-state index in [-0.39, 0.29) is 5.54 Å². The fourth-order valence-electron chi connectivity index (χ4n) is 1.16. The molecule has 0 radical (unpaired) electrons. The molecular weight excluding hydrogens is 100 g/mol. The maximum atomic E-state index is 4.09. The number of hydrogen-bond acceptors (Lipinski definition) is 2. The zero-order valence-corrected chi connectivity index (χ0v) is 4.67. The predicted octanol–water partition coefficient (Wildman–Crippen LogP) is 1.89. The molecule has 0 saturated heterocycles. The Labute approximate surface area is 48.3 Å². The predicted molar refractivity (Wildman–Crippen MR) is 30.6 cm³/mol. The van der Waals surface area contributed by atoms with E-state index in [0.717, 1.165) is 0 Å². The zero-order chi connectivity index (χ0) is 5.45. The molecule has 1 aliphatic carbocycles. The van der Waals surface area contributed by atoms with Crippen LogP contribution in [0.4, 0.5) is 0 Å². The van der Waals surface area contributed by atoms with Crippen LogP contribution < -0.4 is 0 Å². The van der Waals surface area contributed by atoms with E-state index < -0.39 is 0 Å². The number of nitrogens with zero attached hydrogens (tertiary/aromatic N) is 2. The van der Waals surface area contributed by atoms with Crippen LogP contribution in [0.3, 0.4) is 0 Å².